The number of rotatable bonds is 1. The molecule has 3 rings (SSSR count). The first-order valence-electron chi connectivity index (χ1n) is 5.60. The number of nitriles is 1. The molecule has 2 aromatic rings. The first-order valence-corrected chi connectivity index (χ1v) is 5.60. The molecule has 0 N–H and O–H groups in total. The van der Waals surface area contributed by atoms with E-state index in [2.05, 4.69) is 34.2 Å². The van der Waals surface area contributed by atoms with Gasteiger partial charge in [0, 0.05) is 24.1 Å². The molecule has 3 heteroatoms. The normalized spacial score (nSPS) is 13.2. The van der Waals surface area contributed by atoms with E-state index in [-0.39, 0.29) is 0 Å². The van der Waals surface area contributed by atoms with Crippen LogP contribution in [0.5, 0.6) is 0 Å². The molecule has 0 radical (unpaired) electrons. The minimum atomic E-state index is 0.465. The maximum absolute atomic E-state index is 8.87. The zero-order valence-corrected chi connectivity index (χ0v) is 9.30. The standard InChI is InChI=1S/C14H11N3/c15-10-12-9-13(5-7-16-12)17-8-6-11-3-1-2-4-14(11)17/h1-5,7,9H,6,8H2. The molecule has 0 atom stereocenters. The molecule has 82 valence electrons. The smallest absolute Gasteiger partial charge is 0.142 e. The summed E-state index contributed by atoms with van der Waals surface area (Å²) < 4.78 is 0. The minimum absolute atomic E-state index is 0.465. The second-order valence-corrected chi connectivity index (χ2v) is 4.04. The van der Waals surface area contributed by atoms with Gasteiger partial charge >= 0.3 is 0 Å². The zero-order valence-electron chi connectivity index (χ0n) is 9.30. The number of anilines is 2. The number of nitrogens with zero attached hydrogens (tertiary/aromatic N) is 3. The first-order chi connectivity index (χ1) is 8.38. The Balaban J connectivity index is 2.04. The van der Waals surface area contributed by atoms with Crippen molar-refractivity contribution in [2.24, 2.45) is 0 Å². The number of aromatic nitrogens is 1. The first kappa shape index (κ1) is 9.86. The number of para-hydroxylation sites is 1. The van der Waals surface area contributed by atoms with Gasteiger partial charge in [-0.1, -0.05) is 18.2 Å². The van der Waals surface area contributed by atoms with Gasteiger partial charge in [-0.15, -0.1) is 0 Å². The molecule has 0 unspecified atom stereocenters. The van der Waals surface area contributed by atoms with Gasteiger partial charge in [-0.3, -0.25) is 0 Å². The third-order valence-corrected chi connectivity index (χ3v) is 3.06. The van der Waals surface area contributed by atoms with Crippen molar-refractivity contribution in [1.29, 1.82) is 5.26 Å². The predicted octanol–water partition coefficient (Wildman–Crippen LogP) is 2.65. The van der Waals surface area contributed by atoms with Crippen LogP contribution in [0, 0.1) is 11.3 Å². The lowest BCUT2D eigenvalue weighted by atomic mass is 10.2. The lowest BCUT2D eigenvalue weighted by Crippen LogP contribution is -2.13. The highest BCUT2D eigenvalue weighted by molar-refractivity contribution is 5.69. The average Bonchev–Trinajstić information content (AvgIpc) is 2.82. The third kappa shape index (κ3) is 1.64. The Kier molecular flexibility index (Phi) is 2.27. The van der Waals surface area contributed by atoms with Crippen LogP contribution in [0.4, 0.5) is 11.4 Å². The second-order valence-electron chi connectivity index (χ2n) is 4.04. The van der Waals surface area contributed by atoms with E-state index in [4.69, 9.17) is 5.26 Å². The Morgan fingerprint density at radius 3 is 3.00 bits per heavy atom. The van der Waals surface area contributed by atoms with Crippen molar-refractivity contribution < 1.29 is 0 Å². The lowest BCUT2D eigenvalue weighted by molar-refractivity contribution is 0.994. The van der Waals surface area contributed by atoms with Crippen molar-refractivity contribution in [1.82, 2.24) is 4.98 Å². The quantitative estimate of drug-likeness (QED) is 0.743. The highest BCUT2D eigenvalue weighted by atomic mass is 15.2. The SMILES string of the molecule is N#Cc1cc(N2CCc3ccccc32)ccn1. The summed E-state index contributed by atoms with van der Waals surface area (Å²) in [5.74, 6) is 0. The van der Waals surface area contributed by atoms with E-state index in [0.717, 1.165) is 18.7 Å². The van der Waals surface area contributed by atoms with E-state index in [1.54, 1.807) is 6.20 Å². The van der Waals surface area contributed by atoms with Crippen LogP contribution in [-0.4, -0.2) is 11.5 Å². The Morgan fingerprint density at radius 1 is 1.24 bits per heavy atom. The third-order valence-electron chi connectivity index (χ3n) is 3.06. The van der Waals surface area contributed by atoms with Gasteiger partial charge in [0.1, 0.15) is 11.8 Å². The number of hydrogen-bond acceptors (Lipinski definition) is 3. The molecular weight excluding hydrogens is 210 g/mol. The van der Waals surface area contributed by atoms with Crippen LogP contribution in [0.15, 0.2) is 42.6 Å². The summed E-state index contributed by atoms with van der Waals surface area (Å²) in [6.07, 6.45) is 2.75. The predicted molar refractivity (Wildman–Crippen MR) is 66.1 cm³/mol. The molecule has 0 fully saturated rings. The maximum atomic E-state index is 8.87. The molecule has 1 aliphatic rings. The van der Waals surface area contributed by atoms with E-state index in [1.807, 2.05) is 18.2 Å². The van der Waals surface area contributed by atoms with Crippen molar-refractivity contribution in [3.8, 4) is 6.07 Å². The van der Waals surface area contributed by atoms with Crippen molar-refractivity contribution in [3.05, 3.63) is 53.9 Å². The molecule has 17 heavy (non-hydrogen) atoms. The molecule has 1 aromatic heterocycles. The Morgan fingerprint density at radius 2 is 2.12 bits per heavy atom. The zero-order chi connectivity index (χ0) is 11.7. The summed E-state index contributed by atoms with van der Waals surface area (Å²) in [5, 5.41) is 8.87. The van der Waals surface area contributed by atoms with Crippen molar-refractivity contribution >= 4 is 11.4 Å². The van der Waals surface area contributed by atoms with Crippen molar-refractivity contribution in [3.63, 3.8) is 0 Å². The topological polar surface area (TPSA) is 39.9 Å². The van der Waals surface area contributed by atoms with Crippen LogP contribution in [-0.2, 0) is 6.42 Å². The fourth-order valence-electron chi connectivity index (χ4n) is 2.25. The maximum Gasteiger partial charge on any atom is 0.142 e. The molecule has 0 saturated heterocycles. The van der Waals surface area contributed by atoms with E-state index >= 15 is 0 Å². The van der Waals surface area contributed by atoms with Gasteiger partial charge in [-0.05, 0) is 30.2 Å². The van der Waals surface area contributed by atoms with Gasteiger partial charge in [-0.2, -0.15) is 5.26 Å². The van der Waals surface area contributed by atoms with Crippen LogP contribution >= 0.6 is 0 Å². The average molecular weight is 221 g/mol. The molecule has 0 bridgehead atoms. The highest BCUT2D eigenvalue weighted by Gasteiger charge is 2.19. The monoisotopic (exact) mass is 221 g/mol. The number of fused-ring (bicyclic) bond motifs is 1. The van der Waals surface area contributed by atoms with Gasteiger partial charge in [0.05, 0.1) is 0 Å². The molecule has 0 saturated carbocycles. The largest absolute Gasteiger partial charge is 0.341 e. The van der Waals surface area contributed by atoms with Gasteiger partial charge in [0.2, 0.25) is 0 Å². The van der Waals surface area contributed by atoms with Gasteiger partial charge in [0.25, 0.3) is 0 Å². The van der Waals surface area contributed by atoms with Crippen LogP contribution < -0.4 is 4.90 Å². The molecule has 1 aliphatic heterocycles. The molecule has 0 amide bonds. The van der Waals surface area contributed by atoms with E-state index in [0.29, 0.717) is 5.69 Å². The summed E-state index contributed by atoms with van der Waals surface area (Å²) in [6, 6.07) is 14.2. The van der Waals surface area contributed by atoms with Crippen molar-refractivity contribution in [2.45, 2.75) is 6.42 Å². The Hall–Kier alpha value is -2.34. The summed E-state index contributed by atoms with van der Waals surface area (Å²) in [7, 11) is 0. The van der Waals surface area contributed by atoms with E-state index in [1.165, 1.54) is 11.3 Å². The minimum Gasteiger partial charge on any atom is -0.341 e. The summed E-state index contributed by atoms with van der Waals surface area (Å²) in [6.45, 7) is 0.966. The molecule has 0 spiro atoms. The van der Waals surface area contributed by atoms with Crippen LogP contribution in [0.25, 0.3) is 0 Å². The Labute approximate surface area is 99.9 Å². The summed E-state index contributed by atoms with van der Waals surface area (Å²) >= 11 is 0. The molecule has 0 aliphatic carbocycles. The highest BCUT2D eigenvalue weighted by Crippen LogP contribution is 2.33. The van der Waals surface area contributed by atoms with Crippen LogP contribution in [0.3, 0.4) is 0 Å². The lowest BCUT2D eigenvalue weighted by Gasteiger charge is -2.19. The Bertz CT molecular complexity index is 598. The fourth-order valence-corrected chi connectivity index (χ4v) is 2.25. The number of benzene rings is 1. The van der Waals surface area contributed by atoms with Crippen LogP contribution in [0.2, 0.25) is 0 Å². The number of hydrogen-bond donors (Lipinski definition) is 0. The van der Waals surface area contributed by atoms with Gasteiger partial charge < -0.3 is 4.90 Å². The van der Waals surface area contributed by atoms with E-state index < -0.39 is 0 Å². The van der Waals surface area contributed by atoms with Gasteiger partial charge in [-0.25, -0.2) is 4.98 Å². The summed E-state index contributed by atoms with van der Waals surface area (Å²) in [4.78, 5) is 6.23. The number of pyridine rings is 1. The summed E-state index contributed by atoms with van der Waals surface area (Å²) in [5.41, 5.74) is 4.11. The molecule has 1 aromatic carbocycles. The van der Waals surface area contributed by atoms with Gasteiger partial charge in [0.15, 0.2) is 0 Å². The molecule has 3 nitrogen and oxygen atoms in total. The van der Waals surface area contributed by atoms with E-state index in [9.17, 15) is 0 Å². The van der Waals surface area contributed by atoms with Crippen LogP contribution in [0.1, 0.15) is 11.3 Å². The molecular formula is C14H11N3. The van der Waals surface area contributed by atoms with Crippen molar-refractivity contribution in [2.75, 3.05) is 11.4 Å². The second kappa shape index (κ2) is 3.91. The fraction of sp³-hybridized carbons (Fsp3) is 0.143. The molecule has 2 heterocycles.